The summed E-state index contributed by atoms with van der Waals surface area (Å²) in [4.78, 5) is 14.7. The summed E-state index contributed by atoms with van der Waals surface area (Å²) in [6.45, 7) is 1.64. The summed E-state index contributed by atoms with van der Waals surface area (Å²) in [7, 11) is 1.68. The van der Waals surface area contributed by atoms with Gasteiger partial charge in [0, 0.05) is 18.7 Å². The van der Waals surface area contributed by atoms with Gasteiger partial charge in [-0.05, 0) is 43.7 Å². The zero-order valence-corrected chi connectivity index (χ0v) is 14.0. The molecule has 6 nitrogen and oxygen atoms in total. The molecule has 1 aliphatic heterocycles. The SMILES string of the molecule is COc1cccc2c1CN(C(=O)Cn1nnc3c1CCCC3)CC2. The number of benzene rings is 1. The Balaban J connectivity index is 1.51. The molecule has 24 heavy (non-hydrogen) atoms. The van der Waals surface area contributed by atoms with Gasteiger partial charge in [-0.25, -0.2) is 4.68 Å². The standard InChI is InChI=1S/C18H22N4O2/c1-24-17-8-4-5-13-9-10-21(11-14(13)17)18(23)12-22-16-7-3-2-6-15(16)19-20-22/h4-5,8H,2-3,6-7,9-12H2,1H3. The maximum atomic E-state index is 12.8. The lowest BCUT2D eigenvalue weighted by Crippen LogP contribution is -2.38. The number of ether oxygens (including phenoxy) is 1. The Labute approximate surface area is 141 Å². The van der Waals surface area contributed by atoms with Crippen LogP contribution in [0.4, 0.5) is 0 Å². The third-order valence-electron chi connectivity index (χ3n) is 5.08. The molecule has 0 saturated carbocycles. The topological polar surface area (TPSA) is 60.2 Å². The van der Waals surface area contributed by atoms with Crippen LogP contribution in [0.25, 0.3) is 0 Å². The molecule has 0 unspecified atom stereocenters. The molecule has 0 spiro atoms. The third kappa shape index (κ3) is 2.66. The molecule has 0 N–H and O–H groups in total. The first-order valence-electron chi connectivity index (χ1n) is 8.60. The van der Waals surface area contributed by atoms with Crippen molar-refractivity contribution in [1.82, 2.24) is 19.9 Å². The number of rotatable bonds is 3. The van der Waals surface area contributed by atoms with E-state index >= 15 is 0 Å². The summed E-state index contributed by atoms with van der Waals surface area (Å²) < 4.78 is 7.26. The number of amides is 1. The minimum absolute atomic E-state index is 0.102. The number of hydrogen-bond acceptors (Lipinski definition) is 4. The monoisotopic (exact) mass is 326 g/mol. The molecule has 6 heteroatoms. The van der Waals surface area contributed by atoms with Gasteiger partial charge in [-0.1, -0.05) is 17.3 Å². The van der Waals surface area contributed by atoms with Crippen molar-refractivity contribution in [3.8, 4) is 5.75 Å². The fourth-order valence-electron chi connectivity index (χ4n) is 3.73. The number of aryl methyl sites for hydroxylation is 1. The molecule has 1 aromatic carbocycles. The van der Waals surface area contributed by atoms with E-state index in [1.165, 1.54) is 12.0 Å². The van der Waals surface area contributed by atoms with Gasteiger partial charge >= 0.3 is 0 Å². The predicted molar refractivity (Wildman–Crippen MR) is 88.8 cm³/mol. The van der Waals surface area contributed by atoms with E-state index in [1.54, 1.807) is 11.8 Å². The van der Waals surface area contributed by atoms with E-state index in [4.69, 9.17) is 4.74 Å². The van der Waals surface area contributed by atoms with Gasteiger partial charge in [0.2, 0.25) is 5.91 Å². The van der Waals surface area contributed by atoms with Crippen molar-refractivity contribution in [1.29, 1.82) is 0 Å². The lowest BCUT2D eigenvalue weighted by atomic mass is 9.98. The third-order valence-corrected chi connectivity index (χ3v) is 5.08. The van der Waals surface area contributed by atoms with Crippen LogP contribution in [0.5, 0.6) is 5.75 Å². The van der Waals surface area contributed by atoms with Gasteiger partial charge in [-0.2, -0.15) is 0 Å². The number of methoxy groups -OCH3 is 1. The van der Waals surface area contributed by atoms with Gasteiger partial charge in [0.1, 0.15) is 12.3 Å². The quantitative estimate of drug-likeness (QED) is 0.862. The number of aromatic nitrogens is 3. The molecule has 0 fully saturated rings. The summed E-state index contributed by atoms with van der Waals surface area (Å²) >= 11 is 0. The van der Waals surface area contributed by atoms with Crippen LogP contribution < -0.4 is 4.74 Å². The fraction of sp³-hybridized carbons (Fsp3) is 0.500. The molecular formula is C18H22N4O2. The van der Waals surface area contributed by atoms with Crippen molar-refractivity contribution in [2.24, 2.45) is 0 Å². The molecule has 1 aliphatic carbocycles. The van der Waals surface area contributed by atoms with Gasteiger partial charge in [-0.15, -0.1) is 5.10 Å². The van der Waals surface area contributed by atoms with E-state index in [9.17, 15) is 4.79 Å². The molecule has 0 saturated heterocycles. The Morgan fingerprint density at radius 1 is 1.25 bits per heavy atom. The fourth-order valence-corrected chi connectivity index (χ4v) is 3.73. The lowest BCUT2D eigenvalue weighted by molar-refractivity contribution is -0.133. The summed E-state index contributed by atoms with van der Waals surface area (Å²) in [6, 6.07) is 6.09. The molecule has 126 valence electrons. The highest BCUT2D eigenvalue weighted by Gasteiger charge is 2.25. The average Bonchev–Trinajstić information content (AvgIpc) is 3.03. The largest absolute Gasteiger partial charge is 0.496 e. The van der Waals surface area contributed by atoms with E-state index in [0.29, 0.717) is 6.54 Å². The highest BCUT2D eigenvalue weighted by Crippen LogP contribution is 2.28. The molecule has 0 bridgehead atoms. The highest BCUT2D eigenvalue weighted by molar-refractivity contribution is 5.76. The van der Waals surface area contributed by atoms with Gasteiger partial charge in [-0.3, -0.25) is 4.79 Å². The second kappa shape index (κ2) is 6.26. The van der Waals surface area contributed by atoms with Gasteiger partial charge in [0.05, 0.1) is 18.5 Å². The molecule has 4 rings (SSSR count). The minimum atomic E-state index is 0.102. The summed E-state index contributed by atoms with van der Waals surface area (Å²) in [5, 5.41) is 8.45. The number of carbonyl (C=O) groups excluding carboxylic acids is 1. The first-order valence-corrected chi connectivity index (χ1v) is 8.60. The predicted octanol–water partition coefficient (Wildman–Crippen LogP) is 1.75. The Kier molecular flexibility index (Phi) is 3.96. The number of fused-ring (bicyclic) bond motifs is 2. The van der Waals surface area contributed by atoms with Crippen LogP contribution in [0.3, 0.4) is 0 Å². The summed E-state index contributed by atoms with van der Waals surface area (Å²) in [5.74, 6) is 0.966. The van der Waals surface area contributed by atoms with Crippen molar-refractivity contribution in [3.63, 3.8) is 0 Å². The van der Waals surface area contributed by atoms with E-state index < -0.39 is 0 Å². The molecule has 0 radical (unpaired) electrons. The Morgan fingerprint density at radius 3 is 3.00 bits per heavy atom. The normalized spacial score (nSPS) is 16.5. The Bertz CT molecular complexity index is 754. The zero-order valence-electron chi connectivity index (χ0n) is 14.0. The van der Waals surface area contributed by atoms with Gasteiger partial charge < -0.3 is 9.64 Å². The van der Waals surface area contributed by atoms with Crippen molar-refractivity contribution in [2.45, 2.75) is 45.2 Å². The molecule has 2 aliphatic rings. The Morgan fingerprint density at radius 2 is 2.12 bits per heavy atom. The van der Waals surface area contributed by atoms with E-state index in [-0.39, 0.29) is 12.5 Å². The maximum absolute atomic E-state index is 12.8. The van der Waals surface area contributed by atoms with Crippen LogP contribution in [0, 0.1) is 0 Å². The highest BCUT2D eigenvalue weighted by atomic mass is 16.5. The zero-order chi connectivity index (χ0) is 16.5. The average molecular weight is 326 g/mol. The van der Waals surface area contributed by atoms with Gasteiger partial charge in [0.15, 0.2) is 0 Å². The van der Waals surface area contributed by atoms with Gasteiger partial charge in [0.25, 0.3) is 0 Å². The molecule has 1 amide bonds. The first-order chi connectivity index (χ1) is 11.8. The second-order valence-corrected chi connectivity index (χ2v) is 6.51. The molecular weight excluding hydrogens is 304 g/mol. The van der Waals surface area contributed by atoms with E-state index in [2.05, 4.69) is 16.4 Å². The van der Waals surface area contributed by atoms with Crippen LogP contribution in [-0.4, -0.2) is 39.5 Å². The Hall–Kier alpha value is -2.37. The molecule has 2 heterocycles. The number of carbonyl (C=O) groups is 1. The molecule has 0 atom stereocenters. The summed E-state index contributed by atoms with van der Waals surface area (Å²) in [5.41, 5.74) is 4.61. The maximum Gasteiger partial charge on any atom is 0.244 e. The van der Waals surface area contributed by atoms with Crippen molar-refractivity contribution in [2.75, 3.05) is 13.7 Å². The second-order valence-electron chi connectivity index (χ2n) is 6.51. The van der Waals surface area contributed by atoms with Crippen LogP contribution in [0.1, 0.15) is 35.4 Å². The molecule has 1 aromatic heterocycles. The minimum Gasteiger partial charge on any atom is -0.496 e. The van der Waals surface area contributed by atoms with Crippen molar-refractivity contribution in [3.05, 3.63) is 40.7 Å². The number of hydrogen-bond donors (Lipinski definition) is 0. The van der Waals surface area contributed by atoms with E-state index in [0.717, 1.165) is 54.9 Å². The van der Waals surface area contributed by atoms with Crippen molar-refractivity contribution < 1.29 is 9.53 Å². The lowest BCUT2D eigenvalue weighted by Gasteiger charge is -2.30. The van der Waals surface area contributed by atoms with Crippen LogP contribution >= 0.6 is 0 Å². The van der Waals surface area contributed by atoms with Crippen molar-refractivity contribution >= 4 is 5.91 Å². The van der Waals surface area contributed by atoms with Crippen LogP contribution in [0.15, 0.2) is 18.2 Å². The molecule has 2 aromatic rings. The van der Waals surface area contributed by atoms with E-state index in [1.807, 2.05) is 17.0 Å². The van der Waals surface area contributed by atoms with Crippen LogP contribution in [-0.2, 0) is 37.1 Å². The van der Waals surface area contributed by atoms with Crippen LogP contribution in [0.2, 0.25) is 0 Å². The smallest absolute Gasteiger partial charge is 0.244 e. The number of nitrogens with zero attached hydrogens (tertiary/aromatic N) is 4. The first kappa shape index (κ1) is 15.2. The summed E-state index contributed by atoms with van der Waals surface area (Å²) in [6.07, 6.45) is 5.16.